The lowest BCUT2D eigenvalue weighted by molar-refractivity contribution is 0.0518. The summed E-state index contributed by atoms with van der Waals surface area (Å²) in [5, 5.41) is 5.14. The normalized spacial score (nSPS) is 29.7. The molecule has 1 N–H and O–H groups in total. The summed E-state index contributed by atoms with van der Waals surface area (Å²) in [4.78, 5) is 2.64. The number of fused-ring (bicyclic) bond motifs is 2. The topological polar surface area (TPSA) is 15.3 Å². The molecule has 116 valence electrons. The predicted molar refractivity (Wildman–Crippen MR) is 91.4 cm³/mol. The molecule has 2 fully saturated rings. The fourth-order valence-electron chi connectivity index (χ4n) is 3.96. The van der Waals surface area contributed by atoms with Crippen molar-refractivity contribution in [2.75, 3.05) is 18.4 Å². The van der Waals surface area contributed by atoms with E-state index in [0.717, 1.165) is 17.5 Å². The van der Waals surface area contributed by atoms with E-state index in [1.807, 2.05) is 12.1 Å². The highest BCUT2D eigenvalue weighted by Crippen LogP contribution is 2.38. The predicted octanol–water partition coefficient (Wildman–Crippen LogP) is 4.91. The summed E-state index contributed by atoms with van der Waals surface area (Å²) in [6.07, 6.45) is 4.02. The highest BCUT2D eigenvalue weighted by Gasteiger charge is 2.39. The third-order valence-electron chi connectivity index (χ3n) is 5.03. The second-order valence-electron chi connectivity index (χ2n) is 6.83. The van der Waals surface area contributed by atoms with Gasteiger partial charge >= 0.3 is 0 Å². The number of nitrogens with one attached hydrogen (secondary N) is 1. The Bertz CT molecular complexity index is 469. The van der Waals surface area contributed by atoms with Crippen molar-refractivity contribution < 1.29 is 0 Å². The monoisotopic (exact) mass is 326 g/mol. The molecule has 1 aliphatic heterocycles. The molecule has 1 aromatic rings. The summed E-state index contributed by atoms with van der Waals surface area (Å²) >= 11 is 12.2. The van der Waals surface area contributed by atoms with Crippen molar-refractivity contribution in [3.63, 3.8) is 0 Å². The van der Waals surface area contributed by atoms with E-state index in [1.165, 1.54) is 32.4 Å². The molecule has 0 amide bonds. The van der Waals surface area contributed by atoms with Crippen LogP contribution < -0.4 is 5.32 Å². The van der Waals surface area contributed by atoms with Gasteiger partial charge in [0, 0.05) is 40.9 Å². The highest BCUT2D eigenvalue weighted by molar-refractivity contribution is 6.35. The first-order valence-corrected chi connectivity index (χ1v) is 8.75. The fourth-order valence-corrected chi connectivity index (χ4v) is 4.49. The van der Waals surface area contributed by atoms with Crippen LogP contribution in [0.15, 0.2) is 18.2 Å². The Morgan fingerprint density at radius 1 is 1.05 bits per heavy atom. The first-order valence-electron chi connectivity index (χ1n) is 7.99. The van der Waals surface area contributed by atoms with Crippen LogP contribution in [0.4, 0.5) is 5.69 Å². The van der Waals surface area contributed by atoms with Crippen molar-refractivity contribution in [2.45, 2.75) is 45.2 Å². The van der Waals surface area contributed by atoms with Gasteiger partial charge in [0.2, 0.25) is 0 Å². The lowest BCUT2D eigenvalue weighted by Gasteiger charge is -2.49. The molecule has 3 rings (SSSR count). The summed E-state index contributed by atoms with van der Waals surface area (Å²) in [7, 11) is 0. The number of likely N-dealkylation sites (tertiary alicyclic amines) is 1. The first-order chi connectivity index (χ1) is 10.0. The maximum atomic E-state index is 6.12. The first kappa shape index (κ1) is 15.5. The zero-order chi connectivity index (χ0) is 15.0. The maximum absolute atomic E-state index is 6.12. The molecule has 1 saturated heterocycles. The third-order valence-corrected chi connectivity index (χ3v) is 5.47. The Balaban J connectivity index is 1.76. The average molecular weight is 327 g/mol. The zero-order valence-corrected chi connectivity index (χ0v) is 14.3. The largest absolute Gasteiger partial charge is 0.382 e. The van der Waals surface area contributed by atoms with Crippen LogP contribution in [-0.4, -0.2) is 30.1 Å². The van der Waals surface area contributed by atoms with Crippen LogP contribution in [0.3, 0.4) is 0 Å². The van der Waals surface area contributed by atoms with Gasteiger partial charge in [0.1, 0.15) is 0 Å². The van der Waals surface area contributed by atoms with Gasteiger partial charge in [-0.05, 0) is 56.7 Å². The number of halogens is 2. The summed E-state index contributed by atoms with van der Waals surface area (Å²) in [5.74, 6) is 1.47. The summed E-state index contributed by atoms with van der Waals surface area (Å²) < 4.78 is 0. The third kappa shape index (κ3) is 3.49. The smallest absolute Gasteiger partial charge is 0.0441 e. The van der Waals surface area contributed by atoms with E-state index >= 15 is 0 Å². The van der Waals surface area contributed by atoms with Crippen LogP contribution in [0.1, 0.15) is 33.1 Å². The van der Waals surface area contributed by atoms with Crippen LogP contribution in [0.5, 0.6) is 0 Å². The molecule has 0 aromatic heterocycles. The molecule has 1 saturated carbocycles. The van der Waals surface area contributed by atoms with Gasteiger partial charge in [-0.3, -0.25) is 0 Å². The molecule has 2 bridgehead atoms. The van der Waals surface area contributed by atoms with Crippen molar-refractivity contribution in [3.05, 3.63) is 28.2 Å². The zero-order valence-electron chi connectivity index (χ0n) is 12.8. The van der Waals surface area contributed by atoms with Crippen LogP contribution in [0, 0.1) is 11.8 Å². The Morgan fingerprint density at radius 2 is 1.62 bits per heavy atom. The maximum Gasteiger partial charge on any atom is 0.0441 e. The number of rotatable bonds is 3. The van der Waals surface area contributed by atoms with Crippen LogP contribution in [0.25, 0.3) is 0 Å². The van der Waals surface area contributed by atoms with E-state index in [9.17, 15) is 0 Å². The molecule has 0 spiro atoms. The lowest BCUT2D eigenvalue weighted by atomic mass is 9.73. The van der Waals surface area contributed by atoms with Crippen molar-refractivity contribution in [1.82, 2.24) is 4.90 Å². The van der Waals surface area contributed by atoms with Crippen LogP contribution in [-0.2, 0) is 0 Å². The SMILES string of the molecule is CC(C)N1CC2CCCC(C1)C2Nc1cc(Cl)cc(Cl)c1. The van der Waals surface area contributed by atoms with E-state index in [0.29, 0.717) is 22.1 Å². The van der Waals surface area contributed by atoms with Crippen molar-refractivity contribution in [1.29, 1.82) is 0 Å². The molecule has 1 aliphatic carbocycles. The number of anilines is 1. The number of hydrogen-bond donors (Lipinski definition) is 1. The van der Waals surface area contributed by atoms with Gasteiger partial charge in [-0.15, -0.1) is 0 Å². The number of nitrogens with zero attached hydrogens (tertiary/aromatic N) is 1. The van der Waals surface area contributed by atoms with Gasteiger partial charge in [-0.2, -0.15) is 0 Å². The molecule has 2 aliphatic rings. The summed E-state index contributed by atoms with van der Waals surface area (Å²) in [5.41, 5.74) is 1.06. The molecule has 4 heteroatoms. The van der Waals surface area contributed by atoms with Gasteiger partial charge in [0.25, 0.3) is 0 Å². The number of benzene rings is 1. The average Bonchev–Trinajstić information content (AvgIpc) is 2.36. The molecule has 2 unspecified atom stereocenters. The Hall–Kier alpha value is -0.440. The molecule has 2 nitrogen and oxygen atoms in total. The highest BCUT2D eigenvalue weighted by atomic mass is 35.5. The van der Waals surface area contributed by atoms with Crippen molar-refractivity contribution in [2.24, 2.45) is 11.8 Å². The molecule has 21 heavy (non-hydrogen) atoms. The minimum absolute atomic E-state index is 0.559. The molecular formula is C17H24Cl2N2. The quantitative estimate of drug-likeness (QED) is 0.848. The van der Waals surface area contributed by atoms with Gasteiger partial charge < -0.3 is 10.2 Å². The number of hydrogen-bond acceptors (Lipinski definition) is 2. The van der Waals surface area contributed by atoms with Crippen LogP contribution >= 0.6 is 23.2 Å². The van der Waals surface area contributed by atoms with Crippen molar-refractivity contribution >= 4 is 28.9 Å². The van der Waals surface area contributed by atoms with E-state index in [1.54, 1.807) is 6.07 Å². The van der Waals surface area contributed by atoms with Crippen LogP contribution in [0.2, 0.25) is 10.0 Å². The van der Waals surface area contributed by atoms with E-state index in [2.05, 4.69) is 24.1 Å². The molecule has 2 atom stereocenters. The van der Waals surface area contributed by atoms with E-state index < -0.39 is 0 Å². The van der Waals surface area contributed by atoms with Gasteiger partial charge in [-0.1, -0.05) is 29.6 Å². The lowest BCUT2D eigenvalue weighted by Crippen LogP contribution is -2.56. The van der Waals surface area contributed by atoms with E-state index in [-0.39, 0.29) is 0 Å². The molecule has 0 radical (unpaired) electrons. The molecular weight excluding hydrogens is 303 g/mol. The minimum Gasteiger partial charge on any atom is -0.382 e. The molecule has 1 heterocycles. The van der Waals surface area contributed by atoms with Gasteiger partial charge in [0.15, 0.2) is 0 Å². The van der Waals surface area contributed by atoms with Gasteiger partial charge in [-0.25, -0.2) is 0 Å². The number of piperidine rings is 1. The minimum atomic E-state index is 0.559. The Labute approximate surface area is 137 Å². The van der Waals surface area contributed by atoms with Gasteiger partial charge in [0.05, 0.1) is 0 Å². The second kappa shape index (κ2) is 6.36. The summed E-state index contributed by atoms with van der Waals surface area (Å²) in [6, 6.07) is 6.96. The fraction of sp³-hybridized carbons (Fsp3) is 0.647. The van der Waals surface area contributed by atoms with E-state index in [4.69, 9.17) is 23.2 Å². The Kier molecular flexibility index (Phi) is 4.68. The molecule has 1 aromatic carbocycles. The standard InChI is InChI=1S/C17H24Cl2N2/c1-11(2)21-9-12-4-3-5-13(10-21)17(12)20-16-7-14(18)6-15(19)8-16/h6-8,11-13,17,20H,3-5,9-10H2,1-2H3. The second-order valence-corrected chi connectivity index (χ2v) is 7.70. The Morgan fingerprint density at radius 3 is 2.14 bits per heavy atom. The van der Waals surface area contributed by atoms with Crippen molar-refractivity contribution in [3.8, 4) is 0 Å². The summed E-state index contributed by atoms with van der Waals surface area (Å²) in [6.45, 7) is 7.03.